The first-order chi connectivity index (χ1) is 16.0. The average molecular weight is 510 g/mol. The number of aromatic nitrogens is 1. The molecular formula is C23H24ClNO6S2. The summed E-state index contributed by atoms with van der Waals surface area (Å²) < 4.78 is 11.9. The summed E-state index contributed by atoms with van der Waals surface area (Å²) in [5.74, 6) is 0. The summed E-state index contributed by atoms with van der Waals surface area (Å²) in [7, 11) is 0. The van der Waals surface area contributed by atoms with Gasteiger partial charge in [0.05, 0.1) is 18.1 Å². The summed E-state index contributed by atoms with van der Waals surface area (Å²) in [4.78, 5) is 6.38. The van der Waals surface area contributed by atoms with Gasteiger partial charge in [-0.2, -0.15) is 0 Å². The number of aliphatic hydroxyl groups is 4. The highest BCUT2D eigenvalue weighted by atomic mass is 35.5. The molecule has 1 aromatic carbocycles. The minimum Gasteiger partial charge on any atom is -0.394 e. The van der Waals surface area contributed by atoms with E-state index in [-0.39, 0.29) is 6.61 Å². The first kappa shape index (κ1) is 24.5. The number of hydrogen-bond acceptors (Lipinski definition) is 9. The van der Waals surface area contributed by atoms with Crippen LogP contribution in [0, 0.1) is 0 Å². The van der Waals surface area contributed by atoms with Crippen molar-refractivity contribution >= 4 is 34.3 Å². The number of hydrogen-bond donors (Lipinski definition) is 4. The molecule has 0 saturated carbocycles. The fourth-order valence-electron chi connectivity index (χ4n) is 3.81. The predicted molar refractivity (Wildman–Crippen MR) is 128 cm³/mol. The van der Waals surface area contributed by atoms with E-state index in [1.165, 1.54) is 11.3 Å². The van der Waals surface area contributed by atoms with Gasteiger partial charge in [0.25, 0.3) is 0 Å². The van der Waals surface area contributed by atoms with Crippen molar-refractivity contribution in [3.63, 3.8) is 0 Å². The number of aliphatic hydroxyl groups excluding tert-OH is 4. The van der Waals surface area contributed by atoms with Crippen molar-refractivity contribution < 1.29 is 29.9 Å². The number of benzene rings is 1. The van der Waals surface area contributed by atoms with E-state index in [2.05, 4.69) is 11.6 Å². The van der Waals surface area contributed by atoms with Crippen LogP contribution in [-0.2, 0) is 9.47 Å². The summed E-state index contributed by atoms with van der Waals surface area (Å²) in [6.45, 7) is 3.45. The molecule has 7 nitrogen and oxygen atoms in total. The Balaban J connectivity index is 1.76. The highest BCUT2D eigenvalue weighted by Crippen LogP contribution is 2.43. The second-order valence-corrected chi connectivity index (χ2v) is 9.87. The van der Waals surface area contributed by atoms with Crippen LogP contribution < -0.4 is 0 Å². The number of halogens is 1. The summed E-state index contributed by atoms with van der Waals surface area (Å²) in [5, 5.41) is 43.7. The van der Waals surface area contributed by atoms with Gasteiger partial charge in [-0.25, -0.2) is 4.98 Å². The molecule has 6 atom stereocenters. The average Bonchev–Trinajstić information content (AvgIpc) is 3.48. The predicted octanol–water partition coefficient (Wildman–Crippen LogP) is 3.33. The van der Waals surface area contributed by atoms with Crippen LogP contribution in [0.15, 0.2) is 54.4 Å². The van der Waals surface area contributed by atoms with Gasteiger partial charge in [0, 0.05) is 4.88 Å². The smallest absolute Gasteiger partial charge is 0.149 e. The van der Waals surface area contributed by atoms with Crippen molar-refractivity contribution in [1.82, 2.24) is 4.98 Å². The molecule has 33 heavy (non-hydrogen) atoms. The molecule has 1 saturated heterocycles. The summed E-state index contributed by atoms with van der Waals surface area (Å²) in [5.41, 5.74) is 1.21. The van der Waals surface area contributed by atoms with Crippen LogP contribution in [0.1, 0.15) is 28.3 Å². The number of thiazole rings is 1. The van der Waals surface area contributed by atoms with E-state index in [4.69, 9.17) is 21.1 Å². The number of rotatable bonds is 8. The molecule has 3 unspecified atom stereocenters. The molecule has 0 amide bonds. The van der Waals surface area contributed by atoms with Gasteiger partial charge in [-0.3, -0.25) is 0 Å². The zero-order chi connectivity index (χ0) is 23.5. The van der Waals surface area contributed by atoms with Crippen LogP contribution in [0.4, 0.5) is 0 Å². The van der Waals surface area contributed by atoms with Crippen LogP contribution in [-0.4, -0.2) is 63.0 Å². The zero-order valence-corrected chi connectivity index (χ0v) is 19.8. The van der Waals surface area contributed by atoms with Crippen molar-refractivity contribution in [3.8, 4) is 9.75 Å². The molecule has 0 spiro atoms. The number of nitrogens with zero attached hydrogens (tertiary/aromatic N) is 1. The van der Waals surface area contributed by atoms with E-state index >= 15 is 0 Å². The van der Waals surface area contributed by atoms with Gasteiger partial charge in [0.1, 0.15) is 46.8 Å². The van der Waals surface area contributed by atoms with Crippen molar-refractivity contribution in [2.45, 2.75) is 36.6 Å². The van der Waals surface area contributed by atoms with Gasteiger partial charge in [-0.05, 0) is 22.6 Å². The Bertz CT molecular complexity index is 1070. The maximum Gasteiger partial charge on any atom is 0.149 e. The fraction of sp³-hybridized carbons (Fsp3) is 0.348. The summed E-state index contributed by atoms with van der Waals surface area (Å²) in [6.07, 6.45) is -5.38. The van der Waals surface area contributed by atoms with Crippen LogP contribution in [0.2, 0.25) is 5.15 Å². The Morgan fingerprint density at radius 2 is 1.94 bits per heavy atom. The standard InChI is InChI=1S/C23H24ClNO6S2/c1-2-9-30-20(23-25-22(24)21(33-23)15-8-5-10-32-15)13-7-4-3-6-12(13)19-18(29)17(28)16(27)14(11-26)31-19/h2-8,10,14,16-20,26-29H,1,9,11H2/t14?,16-,17?,18+,19-,20?/m0/s1. The molecule has 176 valence electrons. The quantitative estimate of drug-likeness (QED) is 0.344. The van der Waals surface area contributed by atoms with E-state index in [0.717, 1.165) is 9.75 Å². The molecule has 0 aliphatic carbocycles. The van der Waals surface area contributed by atoms with Crippen LogP contribution in [0.5, 0.6) is 0 Å². The van der Waals surface area contributed by atoms with Crippen LogP contribution in [0.3, 0.4) is 0 Å². The van der Waals surface area contributed by atoms with Crippen molar-refractivity contribution in [2.24, 2.45) is 0 Å². The molecule has 2 aromatic heterocycles. The van der Waals surface area contributed by atoms with E-state index in [9.17, 15) is 20.4 Å². The summed E-state index contributed by atoms with van der Waals surface area (Å²) >= 11 is 9.43. The Morgan fingerprint density at radius 1 is 1.15 bits per heavy atom. The van der Waals surface area contributed by atoms with Gasteiger partial charge in [0.2, 0.25) is 0 Å². The second kappa shape index (κ2) is 10.7. The molecule has 4 N–H and O–H groups in total. The first-order valence-electron chi connectivity index (χ1n) is 10.3. The normalized spacial score (nSPS) is 26.3. The van der Waals surface area contributed by atoms with Crippen molar-refractivity contribution in [1.29, 1.82) is 0 Å². The Kier molecular flexibility index (Phi) is 7.95. The third-order valence-electron chi connectivity index (χ3n) is 5.43. The van der Waals surface area contributed by atoms with Gasteiger partial charge in [-0.1, -0.05) is 48.0 Å². The lowest BCUT2D eigenvalue weighted by Crippen LogP contribution is -2.55. The van der Waals surface area contributed by atoms with E-state index in [0.29, 0.717) is 21.3 Å². The topological polar surface area (TPSA) is 112 Å². The maximum atomic E-state index is 10.7. The van der Waals surface area contributed by atoms with E-state index in [1.807, 2.05) is 29.6 Å². The molecule has 1 fully saturated rings. The molecule has 3 heterocycles. The molecule has 0 bridgehead atoms. The first-order valence-corrected chi connectivity index (χ1v) is 12.4. The Labute approximate surface area is 204 Å². The maximum absolute atomic E-state index is 10.7. The molecule has 3 aromatic rings. The summed E-state index contributed by atoms with van der Waals surface area (Å²) in [6, 6.07) is 11.1. The second-order valence-electron chi connectivity index (χ2n) is 7.53. The lowest BCUT2D eigenvalue weighted by atomic mass is 9.88. The monoisotopic (exact) mass is 509 g/mol. The Morgan fingerprint density at radius 3 is 2.64 bits per heavy atom. The van der Waals surface area contributed by atoms with Gasteiger partial charge in [-0.15, -0.1) is 29.3 Å². The molecule has 4 rings (SSSR count). The lowest BCUT2D eigenvalue weighted by Gasteiger charge is -2.41. The molecule has 10 heteroatoms. The third-order valence-corrected chi connectivity index (χ3v) is 7.96. The minimum absolute atomic E-state index is 0.235. The SMILES string of the molecule is C=CCOC(c1nc(Cl)c(-c2cccs2)s1)c1ccccc1[C@@H]1OC(CO)[C@H](O)C(O)[C@H]1O. The van der Waals surface area contributed by atoms with Gasteiger partial charge in [0.15, 0.2) is 0 Å². The Hall–Kier alpha value is -1.66. The molecule has 1 aliphatic heterocycles. The van der Waals surface area contributed by atoms with Crippen molar-refractivity contribution in [2.75, 3.05) is 13.2 Å². The highest BCUT2D eigenvalue weighted by molar-refractivity contribution is 7.21. The van der Waals surface area contributed by atoms with Crippen LogP contribution in [0.25, 0.3) is 9.75 Å². The number of ether oxygens (including phenoxy) is 2. The van der Waals surface area contributed by atoms with E-state index in [1.54, 1.807) is 29.5 Å². The van der Waals surface area contributed by atoms with Crippen LogP contribution >= 0.6 is 34.3 Å². The number of thiophene rings is 1. The largest absolute Gasteiger partial charge is 0.394 e. The lowest BCUT2D eigenvalue weighted by molar-refractivity contribution is -0.232. The van der Waals surface area contributed by atoms with Gasteiger partial charge < -0.3 is 29.9 Å². The third kappa shape index (κ3) is 4.93. The zero-order valence-electron chi connectivity index (χ0n) is 17.5. The molecule has 1 aliphatic rings. The van der Waals surface area contributed by atoms with Crippen molar-refractivity contribution in [3.05, 3.63) is 75.7 Å². The van der Waals surface area contributed by atoms with E-state index < -0.39 is 43.2 Å². The molecular weight excluding hydrogens is 486 g/mol. The van der Waals surface area contributed by atoms with Gasteiger partial charge >= 0.3 is 0 Å². The fourth-order valence-corrected chi connectivity index (χ4v) is 6.11. The minimum atomic E-state index is -1.48. The highest BCUT2D eigenvalue weighted by Gasteiger charge is 2.45. The molecule has 0 radical (unpaired) electrons.